The number of hydrogen-bond donors (Lipinski definition) is 0. The number of benzene rings is 2. The van der Waals surface area contributed by atoms with Crippen molar-refractivity contribution in [2.24, 2.45) is 17.8 Å². The molecule has 1 nitrogen and oxygen atoms in total. The number of aryl methyl sites for hydroxylation is 2. The molecular weight excluding hydrogens is 548 g/mol. The van der Waals surface area contributed by atoms with Crippen LogP contribution in [0.25, 0.3) is 0 Å². The molecule has 5 heteroatoms. The first-order valence-corrected chi connectivity index (χ1v) is 17.4. The summed E-state index contributed by atoms with van der Waals surface area (Å²) in [5.74, 6) is -0.273. The molecule has 0 N–H and O–H groups in total. The predicted molar refractivity (Wildman–Crippen MR) is 166 cm³/mol. The molecule has 0 bridgehead atoms. The fourth-order valence-corrected chi connectivity index (χ4v) is 8.41. The maximum atomic E-state index is 14.9. The van der Waals surface area contributed by atoms with Gasteiger partial charge in [-0.25, -0.2) is 17.6 Å². The third kappa shape index (κ3) is 7.86. The zero-order valence-corrected chi connectivity index (χ0v) is 26.4. The van der Waals surface area contributed by atoms with Crippen molar-refractivity contribution in [3.05, 3.63) is 69.8 Å². The summed E-state index contributed by atoms with van der Waals surface area (Å²) in [7, 11) is 0. The van der Waals surface area contributed by atoms with E-state index in [0.717, 1.165) is 83.2 Å². The number of unbranched alkanes of at least 4 members (excludes halogenated alkanes) is 2. The van der Waals surface area contributed by atoms with E-state index in [1.54, 1.807) is 12.1 Å². The van der Waals surface area contributed by atoms with Crippen molar-refractivity contribution in [1.29, 1.82) is 0 Å². The Kier molecular flexibility index (Phi) is 11.7. The van der Waals surface area contributed by atoms with Gasteiger partial charge in [-0.2, -0.15) is 0 Å². The second-order valence-corrected chi connectivity index (χ2v) is 13.9. The molecule has 43 heavy (non-hydrogen) atoms. The Morgan fingerprint density at radius 1 is 0.581 bits per heavy atom. The third-order valence-electron chi connectivity index (χ3n) is 11.3. The zero-order valence-electron chi connectivity index (χ0n) is 26.4. The van der Waals surface area contributed by atoms with Crippen LogP contribution in [0.2, 0.25) is 0 Å². The van der Waals surface area contributed by atoms with Crippen LogP contribution in [0.5, 0.6) is 0 Å². The zero-order chi connectivity index (χ0) is 30.3. The monoisotopic (exact) mass is 600 g/mol. The second kappa shape index (κ2) is 15.4. The minimum absolute atomic E-state index is 0.0794. The fraction of sp³-hybridized carbons (Fsp3) is 0.684. The van der Waals surface area contributed by atoms with E-state index in [1.165, 1.54) is 25.7 Å². The maximum absolute atomic E-state index is 14.9. The van der Waals surface area contributed by atoms with Crippen LogP contribution < -0.4 is 0 Å². The van der Waals surface area contributed by atoms with Crippen molar-refractivity contribution in [2.75, 3.05) is 6.61 Å². The van der Waals surface area contributed by atoms with Crippen LogP contribution in [0.15, 0.2) is 24.3 Å². The Hall–Kier alpha value is -1.88. The van der Waals surface area contributed by atoms with Crippen molar-refractivity contribution in [3.8, 4) is 0 Å². The number of hydrogen-bond acceptors (Lipinski definition) is 1. The molecule has 0 radical (unpaired) electrons. The van der Waals surface area contributed by atoms with Gasteiger partial charge in [0.2, 0.25) is 0 Å². The first kappa shape index (κ1) is 32.5. The molecule has 5 rings (SSSR count). The van der Waals surface area contributed by atoms with Crippen LogP contribution in [-0.2, 0) is 17.6 Å². The van der Waals surface area contributed by atoms with Gasteiger partial charge in [0, 0.05) is 6.61 Å². The van der Waals surface area contributed by atoms with Gasteiger partial charge in [0.1, 0.15) is 0 Å². The average molecular weight is 601 g/mol. The van der Waals surface area contributed by atoms with E-state index in [1.807, 2.05) is 19.1 Å². The van der Waals surface area contributed by atoms with E-state index >= 15 is 0 Å². The molecular formula is C38H52F4O. The average Bonchev–Trinajstić information content (AvgIpc) is 3.04. The van der Waals surface area contributed by atoms with Crippen LogP contribution in [-0.4, -0.2) is 12.7 Å². The third-order valence-corrected chi connectivity index (χ3v) is 11.3. The lowest BCUT2D eigenvalue weighted by Gasteiger charge is -2.38. The molecule has 3 aliphatic carbocycles. The molecule has 0 unspecified atom stereocenters. The molecule has 0 aliphatic heterocycles. The highest BCUT2D eigenvalue weighted by Gasteiger charge is 2.33. The molecule has 0 saturated heterocycles. The Morgan fingerprint density at radius 2 is 1.09 bits per heavy atom. The van der Waals surface area contributed by atoms with Gasteiger partial charge >= 0.3 is 0 Å². The first-order chi connectivity index (χ1) is 20.9. The molecule has 0 atom stereocenters. The van der Waals surface area contributed by atoms with E-state index < -0.39 is 23.3 Å². The summed E-state index contributed by atoms with van der Waals surface area (Å²) >= 11 is 0. The van der Waals surface area contributed by atoms with E-state index in [-0.39, 0.29) is 17.9 Å². The molecule has 238 valence electrons. The van der Waals surface area contributed by atoms with Gasteiger partial charge in [-0.15, -0.1) is 0 Å². The van der Waals surface area contributed by atoms with Crippen LogP contribution >= 0.6 is 0 Å². The lowest BCUT2D eigenvalue weighted by Crippen LogP contribution is -2.29. The number of halogens is 4. The molecule has 3 saturated carbocycles. The summed E-state index contributed by atoms with van der Waals surface area (Å²) in [6, 6.07) is 7.23. The van der Waals surface area contributed by atoms with Crippen LogP contribution in [0, 0.1) is 41.0 Å². The Labute approximate surface area is 257 Å². The van der Waals surface area contributed by atoms with Gasteiger partial charge in [-0.1, -0.05) is 51.0 Å². The van der Waals surface area contributed by atoms with E-state index in [2.05, 4.69) is 6.92 Å². The standard InChI is InChI=1S/C38H52F4O/c1-3-5-6-7-31-19-23-34(38(42)36(31)40)30-16-20-32(21-17-30)43-24-25-8-10-27(11-9-25)28-12-14-29(15-13-28)33-22-18-26(4-2)35(39)37(33)41/h18-19,22-23,25,27-30,32H,3-17,20-21,24H2,1-2H3. The van der Waals surface area contributed by atoms with E-state index in [0.29, 0.717) is 46.9 Å². The minimum Gasteiger partial charge on any atom is -0.378 e. The maximum Gasteiger partial charge on any atom is 0.162 e. The summed E-state index contributed by atoms with van der Waals surface area (Å²) in [4.78, 5) is 0. The highest BCUT2D eigenvalue weighted by Crippen LogP contribution is 2.45. The van der Waals surface area contributed by atoms with Crippen molar-refractivity contribution in [2.45, 2.75) is 141 Å². The Bertz CT molecular complexity index is 1170. The van der Waals surface area contributed by atoms with Crippen molar-refractivity contribution in [1.82, 2.24) is 0 Å². The summed E-state index contributed by atoms with van der Waals surface area (Å²) < 4.78 is 65.1. The Morgan fingerprint density at radius 3 is 1.65 bits per heavy atom. The second-order valence-electron chi connectivity index (χ2n) is 13.9. The van der Waals surface area contributed by atoms with Crippen LogP contribution in [0.1, 0.15) is 144 Å². The minimum atomic E-state index is -0.650. The van der Waals surface area contributed by atoms with Crippen molar-refractivity contribution in [3.63, 3.8) is 0 Å². The fourth-order valence-electron chi connectivity index (χ4n) is 8.41. The predicted octanol–water partition coefficient (Wildman–Crippen LogP) is 11.4. The molecule has 3 fully saturated rings. The quantitative estimate of drug-likeness (QED) is 0.184. The van der Waals surface area contributed by atoms with Gasteiger partial charge in [-0.05, 0) is 148 Å². The summed E-state index contributed by atoms with van der Waals surface area (Å²) in [5.41, 5.74) is 2.11. The molecule has 0 spiro atoms. The van der Waals surface area contributed by atoms with Gasteiger partial charge in [-0.3, -0.25) is 0 Å². The first-order valence-electron chi connectivity index (χ1n) is 17.4. The lowest BCUT2D eigenvalue weighted by molar-refractivity contribution is -0.00763. The van der Waals surface area contributed by atoms with Gasteiger partial charge < -0.3 is 4.74 Å². The topological polar surface area (TPSA) is 9.23 Å². The largest absolute Gasteiger partial charge is 0.378 e. The van der Waals surface area contributed by atoms with Gasteiger partial charge in [0.25, 0.3) is 0 Å². The van der Waals surface area contributed by atoms with E-state index in [9.17, 15) is 17.6 Å². The van der Waals surface area contributed by atoms with Gasteiger partial charge in [0.15, 0.2) is 23.3 Å². The number of rotatable bonds is 11. The van der Waals surface area contributed by atoms with Crippen LogP contribution in [0.4, 0.5) is 17.6 Å². The van der Waals surface area contributed by atoms with Gasteiger partial charge in [0.05, 0.1) is 6.10 Å². The molecule has 3 aliphatic rings. The molecule has 0 heterocycles. The highest BCUT2D eigenvalue weighted by atomic mass is 19.2. The van der Waals surface area contributed by atoms with Crippen LogP contribution in [0.3, 0.4) is 0 Å². The summed E-state index contributed by atoms with van der Waals surface area (Å²) in [6.45, 7) is 4.78. The Balaban J connectivity index is 1.01. The van der Waals surface area contributed by atoms with Crippen molar-refractivity contribution < 1.29 is 22.3 Å². The number of ether oxygens (including phenoxy) is 1. The highest BCUT2D eigenvalue weighted by molar-refractivity contribution is 5.30. The molecule has 0 amide bonds. The lowest BCUT2D eigenvalue weighted by atomic mass is 9.68. The molecule has 2 aromatic carbocycles. The van der Waals surface area contributed by atoms with E-state index in [4.69, 9.17) is 4.74 Å². The SMILES string of the molecule is CCCCCc1ccc(C2CCC(OCC3CCC(C4CCC(c5ccc(CC)c(F)c5F)CC4)CC3)CC2)c(F)c1F. The van der Waals surface area contributed by atoms with Crippen molar-refractivity contribution >= 4 is 0 Å². The normalized spacial score (nSPS) is 28.2. The summed E-state index contributed by atoms with van der Waals surface area (Å²) in [6.07, 6.45) is 16.9. The molecule has 2 aromatic rings. The molecule has 0 aromatic heterocycles. The smallest absolute Gasteiger partial charge is 0.162 e. The summed E-state index contributed by atoms with van der Waals surface area (Å²) in [5, 5.41) is 0.